The van der Waals surface area contributed by atoms with Crippen molar-refractivity contribution in [1.29, 1.82) is 0 Å². The quantitative estimate of drug-likeness (QED) is 0.720. The number of carbonyl (C=O) groups is 1. The Hall–Kier alpha value is -2.56. The lowest BCUT2D eigenvalue weighted by molar-refractivity contribution is 0.251. The maximum atomic E-state index is 11.6. The van der Waals surface area contributed by atoms with Crippen molar-refractivity contribution < 1.29 is 4.79 Å². The summed E-state index contributed by atoms with van der Waals surface area (Å²) in [6, 6.07) is 10.5. The normalized spacial score (nSPS) is 9.78. The predicted molar refractivity (Wildman–Crippen MR) is 70.9 cm³/mol. The molecule has 0 radical (unpaired) electrons. The second-order valence-electron chi connectivity index (χ2n) is 3.79. The minimum atomic E-state index is -0.274. The standard InChI is InChI=1S/C13H14N4O/c14-11-4-1-5-12(7-11)17-13(18)16-9-10-3-2-6-15-8-10/h1-8H,9,14H2,(H2,16,17,18). The summed E-state index contributed by atoms with van der Waals surface area (Å²) < 4.78 is 0. The molecule has 1 aromatic heterocycles. The number of hydrogen-bond acceptors (Lipinski definition) is 3. The van der Waals surface area contributed by atoms with Crippen molar-refractivity contribution in [3.8, 4) is 0 Å². The van der Waals surface area contributed by atoms with Gasteiger partial charge in [-0.05, 0) is 29.8 Å². The fourth-order valence-corrected chi connectivity index (χ4v) is 1.48. The highest BCUT2D eigenvalue weighted by Gasteiger charge is 2.01. The number of nitrogens with zero attached hydrogens (tertiary/aromatic N) is 1. The molecule has 0 fully saturated rings. The lowest BCUT2D eigenvalue weighted by Gasteiger charge is -2.07. The largest absolute Gasteiger partial charge is 0.399 e. The molecule has 0 bridgehead atoms. The third-order valence-electron chi connectivity index (χ3n) is 2.32. The summed E-state index contributed by atoms with van der Waals surface area (Å²) in [6.45, 7) is 0.433. The average Bonchev–Trinajstić information content (AvgIpc) is 2.38. The first-order valence-electron chi connectivity index (χ1n) is 5.53. The molecule has 0 aliphatic heterocycles. The molecule has 5 nitrogen and oxygen atoms in total. The van der Waals surface area contributed by atoms with Crippen molar-refractivity contribution in [2.45, 2.75) is 6.54 Å². The van der Waals surface area contributed by atoms with Crippen LogP contribution in [0.1, 0.15) is 5.56 Å². The first-order valence-corrected chi connectivity index (χ1v) is 5.53. The number of hydrogen-bond donors (Lipinski definition) is 3. The molecule has 0 aliphatic rings. The van der Waals surface area contributed by atoms with E-state index < -0.39 is 0 Å². The summed E-state index contributed by atoms with van der Waals surface area (Å²) in [7, 11) is 0. The molecule has 0 saturated heterocycles. The summed E-state index contributed by atoms with van der Waals surface area (Å²) in [4.78, 5) is 15.6. The van der Waals surface area contributed by atoms with E-state index in [1.807, 2.05) is 12.1 Å². The third-order valence-corrected chi connectivity index (χ3v) is 2.32. The molecule has 1 heterocycles. The van der Waals surface area contributed by atoms with Crippen molar-refractivity contribution in [2.24, 2.45) is 0 Å². The van der Waals surface area contributed by atoms with Gasteiger partial charge in [0.25, 0.3) is 0 Å². The van der Waals surface area contributed by atoms with E-state index >= 15 is 0 Å². The van der Waals surface area contributed by atoms with Gasteiger partial charge in [-0.1, -0.05) is 12.1 Å². The van der Waals surface area contributed by atoms with E-state index in [2.05, 4.69) is 15.6 Å². The van der Waals surface area contributed by atoms with Gasteiger partial charge in [0, 0.05) is 30.3 Å². The molecule has 0 atom stereocenters. The van der Waals surface area contributed by atoms with Gasteiger partial charge in [-0.25, -0.2) is 4.79 Å². The topological polar surface area (TPSA) is 80.0 Å². The van der Waals surface area contributed by atoms with Gasteiger partial charge in [-0.2, -0.15) is 0 Å². The minimum absolute atomic E-state index is 0.274. The minimum Gasteiger partial charge on any atom is -0.399 e. The molecule has 4 N–H and O–H groups in total. The maximum absolute atomic E-state index is 11.6. The van der Waals surface area contributed by atoms with Gasteiger partial charge in [-0.15, -0.1) is 0 Å². The fourth-order valence-electron chi connectivity index (χ4n) is 1.48. The summed E-state index contributed by atoms with van der Waals surface area (Å²) >= 11 is 0. The van der Waals surface area contributed by atoms with Crippen LogP contribution in [0.15, 0.2) is 48.8 Å². The van der Waals surface area contributed by atoms with Crippen LogP contribution in [0.4, 0.5) is 16.2 Å². The number of pyridine rings is 1. The van der Waals surface area contributed by atoms with Crippen molar-refractivity contribution in [3.63, 3.8) is 0 Å². The number of anilines is 2. The first-order chi connectivity index (χ1) is 8.74. The van der Waals surface area contributed by atoms with Gasteiger partial charge >= 0.3 is 6.03 Å². The van der Waals surface area contributed by atoms with E-state index in [9.17, 15) is 4.79 Å². The second kappa shape index (κ2) is 5.67. The molecule has 18 heavy (non-hydrogen) atoms. The van der Waals surface area contributed by atoms with Crippen LogP contribution in [0.5, 0.6) is 0 Å². The lowest BCUT2D eigenvalue weighted by Crippen LogP contribution is -2.28. The lowest BCUT2D eigenvalue weighted by atomic mass is 10.3. The zero-order chi connectivity index (χ0) is 12.8. The van der Waals surface area contributed by atoms with Crippen molar-refractivity contribution in [2.75, 3.05) is 11.1 Å². The van der Waals surface area contributed by atoms with E-state index in [4.69, 9.17) is 5.73 Å². The van der Waals surface area contributed by atoms with E-state index in [1.165, 1.54) is 0 Å². The number of nitrogen functional groups attached to an aromatic ring is 1. The molecule has 2 rings (SSSR count). The number of nitrogens with two attached hydrogens (primary N) is 1. The Morgan fingerprint density at radius 3 is 2.89 bits per heavy atom. The maximum Gasteiger partial charge on any atom is 0.319 e. The summed E-state index contributed by atoms with van der Waals surface area (Å²) in [5.41, 5.74) is 7.84. The van der Waals surface area contributed by atoms with Crippen molar-refractivity contribution >= 4 is 17.4 Å². The van der Waals surface area contributed by atoms with Gasteiger partial charge in [0.15, 0.2) is 0 Å². The summed E-state index contributed by atoms with van der Waals surface area (Å²) in [5.74, 6) is 0. The Balaban J connectivity index is 1.86. The van der Waals surface area contributed by atoms with Crippen LogP contribution in [0.2, 0.25) is 0 Å². The van der Waals surface area contributed by atoms with E-state index in [1.54, 1.807) is 36.7 Å². The predicted octanol–water partition coefficient (Wildman–Crippen LogP) is 1.99. The summed E-state index contributed by atoms with van der Waals surface area (Å²) in [5, 5.41) is 5.44. The van der Waals surface area contributed by atoms with Gasteiger partial charge in [0.1, 0.15) is 0 Å². The Kier molecular flexibility index (Phi) is 3.76. The van der Waals surface area contributed by atoms with Crippen LogP contribution >= 0.6 is 0 Å². The van der Waals surface area contributed by atoms with E-state index in [-0.39, 0.29) is 6.03 Å². The second-order valence-corrected chi connectivity index (χ2v) is 3.79. The summed E-state index contributed by atoms with van der Waals surface area (Å²) in [6.07, 6.45) is 3.40. The van der Waals surface area contributed by atoms with E-state index in [0.29, 0.717) is 17.9 Å². The number of urea groups is 1. The van der Waals surface area contributed by atoms with Crippen LogP contribution in [0.3, 0.4) is 0 Å². The Morgan fingerprint density at radius 1 is 1.28 bits per heavy atom. The molecule has 2 aromatic rings. The molecule has 5 heteroatoms. The van der Waals surface area contributed by atoms with E-state index in [0.717, 1.165) is 5.56 Å². The molecular formula is C13H14N4O. The Bertz CT molecular complexity index is 528. The van der Waals surface area contributed by atoms with Crippen LogP contribution in [-0.4, -0.2) is 11.0 Å². The Morgan fingerprint density at radius 2 is 2.17 bits per heavy atom. The SMILES string of the molecule is Nc1cccc(NC(=O)NCc2cccnc2)c1. The monoisotopic (exact) mass is 242 g/mol. The number of amides is 2. The first kappa shape index (κ1) is 11.9. The van der Waals surface area contributed by atoms with Crippen LogP contribution < -0.4 is 16.4 Å². The smallest absolute Gasteiger partial charge is 0.319 e. The number of aromatic nitrogens is 1. The number of benzene rings is 1. The van der Waals surface area contributed by atoms with Crippen LogP contribution in [0, 0.1) is 0 Å². The molecule has 0 spiro atoms. The number of rotatable bonds is 3. The molecule has 2 amide bonds. The highest BCUT2D eigenvalue weighted by atomic mass is 16.2. The molecular weight excluding hydrogens is 228 g/mol. The molecule has 0 saturated carbocycles. The Labute approximate surface area is 105 Å². The molecule has 1 aromatic carbocycles. The van der Waals surface area contributed by atoms with Crippen LogP contribution in [0.25, 0.3) is 0 Å². The third kappa shape index (κ3) is 3.48. The average molecular weight is 242 g/mol. The van der Waals surface area contributed by atoms with Crippen LogP contribution in [-0.2, 0) is 6.54 Å². The van der Waals surface area contributed by atoms with Gasteiger partial charge in [0.2, 0.25) is 0 Å². The molecule has 92 valence electrons. The zero-order valence-corrected chi connectivity index (χ0v) is 9.76. The number of carbonyl (C=O) groups excluding carboxylic acids is 1. The highest BCUT2D eigenvalue weighted by molar-refractivity contribution is 5.89. The zero-order valence-electron chi connectivity index (χ0n) is 9.76. The van der Waals surface area contributed by atoms with Crippen molar-refractivity contribution in [1.82, 2.24) is 10.3 Å². The highest BCUT2D eigenvalue weighted by Crippen LogP contribution is 2.11. The van der Waals surface area contributed by atoms with Gasteiger partial charge in [0.05, 0.1) is 0 Å². The molecule has 0 aliphatic carbocycles. The molecule has 0 unspecified atom stereocenters. The van der Waals surface area contributed by atoms with Gasteiger partial charge < -0.3 is 16.4 Å². The number of nitrogens with one attached hydrogen (secondary N) is 2. The van der Waals surface area contributed by atoms with Gasteiger partial charge in [-0.3, -0.25) is 4.98 Å². The fraction of sp³-hybridized carbons (Fsp3) is 0.0769. The van der Waals surface area contributed by atoms with Crippen molar-refractivity contribution in [3.05, 3.63) is 54.4 Å².